The van der Waals surface area contributed by atoms with Crippen molar-refractivity contribution in [2.75, 3.05) is 31.1 Å². The monoisotopic (exact) mass is 304 g/mol. The highest BCUT2D eigenvalue weighted by atomic mass is 16.4. The quantitative estimate of drug-likeness (QED) is 0.885. The van der Waals surface area contributed by atoms with Crippen LogP contribution in [-0.4, -0.2) is 58.0 Å². The number of aliphatic carboxylic acids is 1. The summed E-state index contributed by atoms with van der Waals surface area (Å²) in [6.07, 6.45) is 5.47. The fraction of sp³-hybridized carbons (Fsp3) is 0.600. The molecule has 1 amide bonds. The van der Waals surface area contributed by atoms with Crippen LogP contribution in [0, 0.1) is 5.92 Å². The van der Waals surface area contributed by atoms with E-state index in [1.54, 1.807) is 19.3 Å². The molecule has 1 N–H and O–H groups in total. The van der Waals surface area contributed by atoms with Gasteiger partial charge in [0.15, 0.2) is 0 Å². The van der Waals surface area contributed by atoms with Crippen LogP contribution in [-0.2, 0) is 9.59 Å². The molecule has 2 saturated heterocycles. The third kappa shape index (κ3) is 2.88. The molecule has 7 nitrogen and oxygen atoms in total. The van der Waals surface area contributed by atoms with Crippen molar-refractivity contribution in [3.63, 3.8) is 0 Å². The molecule has 0 spiro atoms. The van der Waals surface area contributed by atoms with E-state index in [2.05, 4.69) is 9.97 Å². The maximum Gasteiger partial charge on any atom is 0.310 e. The highest BCUT2D eigenvalue weighted by Gasteiger charge is 2.33. The van der Waals surface area contributed by atoms with Crippen molar-refractivity contribution in [1.82, 2.24) is 14.9 Å². The number of carboxylic acid groups (broad SMARTS) is 1. The Hall–Kier alpha value is -2.18. The number of rotatable bonds is 3. The van der Waals surface area contributed by atoms with Crippen LogP contribution in [0.5, 0.6) is 0 Å². The zero-order valence-corrected chi connectivity index (χ0v) is 12.6. The molecule has 1 aromatic heterocycles. The molecule has 3 rings (SSSR count). The highest BCUT2D eigenvalue weighted by molar-refractivity contribution is 5.74. The molecule has 0 aromatic carbocycles. The second-order valence-corrected chi connectivity index (χ2v) is 6.04. The van der Waals surface area contributed by atoms with E-state index in [1.807, 2.05) is 9.80 Å². The first-order valence-corrected chi connectivity index (χ1v) is 7.60. The number of carboxylic acids is 1. The van der Waals surface area contributed by atoms with Gasteiger partial charge in [0.1, 0.15) is 5.82 Å². The lowest BCUT2D eigenvalue weighted by atomic mass is 9.95. The number of nitrogens with zero attached hydrogens (tertiary/aromatic N) is 4. The maximum atomic E-state index is 11.5. The van der Waals surface area contributed by atoms with Crippen molar-refractivity contribution >= 4 is 17.7 Å². The molecule has 0 unspecified atom stereocenters. The van der Waals surface area contributed by atoms with E-state index in [0.29, 0.717) is 19.6 Å². The topological polar surface area (TPSA) is 86.6 Å². The summed E-state index contributed by atoms with van der Waals surface area (Å²) in [6, 6.07) is 0. The molecule has 1 aromatic rings. The SMILES string of the molecule is CC(=O)N1CCC[C@@H](c2cnc(N3CC(C(=O)O)C3)cn2)C1. The normalized spacial score (nSPS) is 22.3. The zero-order chi connectivity index (χ0) is 15.7. The first-order valence-electron chi connectivity index (χ1n) is 7.60. The van der Waals surface area contributed by atoms with E-state index in [1.165, 1.54) is 0 Å². The number of hydrogen-bond donors (Lipinski definition) is 1. The van der Waals surface area contributed by atoms with Gasteiger partial charge in [-0.15, -0.1) is 0 Å². The molecule has 0 saturated carbocycles. The van der Waals surface area contributed by atoms with Gasteiger partial charge in [0, 0.05) is 39.0 Å². The number of hydrogen-bond acceptors (Lipinski definition) is 5. The molecule has 2 aliphatic heterocycles. The number of amides is 1. The summed E-state index contributed by atoms with van der Waals surface area (Å²) in [5.74, 6) is 0.00807. The predicted octanol–water partition coefficient (Wildman–Crippen LogP) is 0.723. The Morgan fingerprint density at radius 1 is 1.23 bits per heavy atom. The second kappa shape index (κ2) is 5.90. The molecule has 22 heavy (non-hydrogen) atoms. The largest absolute Gasteiger partial charge is 0.481 e. The summed E-state index contributed by atoms with van der Waals surface area (Å²) in [4.78, 5) is 35.0. The van der Waals surface area contributed by atoms with Crippen molar-refractivity contribution < 1.29 is 14.7 Å². The highest BCUT2D eigenvalue weighted by Crippen LogP contribution is 2.27. The fourth-order valence-corrected chi connectivity index (χ4v) is 3.03. The van der Waals surface area contributed by atoms with Crippen LogP contribution in [0.15, 0.2) is 12.4 Å². The Morgan fingerprint density at radius 2 is 2.00 bits per heavy atom. The lowest BCUT2D eigenvalue weighted by Gasteiger charge is -2.37. The fourth-order valence-electron chi connectivity index (χ4n) is 3.03. The van der Waals surface area contributed by atoms with E-state index < -0.39 is 5.97 Å². The summed E-state index contributed by atoms with van der Waals surface area (Å²) in [6.45, 7) is 4.10. The Balaban J connectivity index is 1.62. The number of likely N-dealkylation sites (tertiary alicyclic amines) is 1. The molecule has 0 aliphatic carbocycles. The van der Waals surface area contributed by atoms with Gasteiger partial charge in [0.05, 0.1) is 24.0 Å². The van der Waals surface area contributed by atoms with Gasteiger partial charge < -0.3 is 14.9 Å². The first kappa shape index (κ1) is 14.7. The lowest BCUT2D eigenvalue weighted by Crippen LogP contribution is -2.50. The molecule has 3 heterocycles. The van der Waals surface area contributed by atoms with E-state index in [4.69, 9.17) is 5.11 Å². The molecule has 2 aliphatic rings. The third-order valence-corrected chi connectivity index (χ3v) is 4.50. The van der Waals surface area contributed by atoms with Crippen molar-refractivity contribution in [3.8, 4) is 0 Å². The van der Waals surface area contributed by atoms with Gasteiger partial charge >= 0.3 is 5.97 Å². The zero-order valence-electron chi connectivity index (χ0n) is 12.6. The van der Waals surface area contributed by atoms with Gasteiger partial charge in [-0.3, -0.25) is 14.6 Å². The number of carbonyl (C=O) groups is 2. The number of carbonyl (C=O) groups excluding carboxylic acids is 1. The van der Waals surface area contributed by atoms with Gasteiger partial charge in [-0.05, 0) is 12.8 Å². The molecule has 118 valence electrons. The summed E-state index contributed by atoms with van der Waals surface area (Å²) >= 11 is 0. The molecule has 1 atom stereocenters. The minimum absolute atomic E-state index is 0.106. The summed E-state index contributed by atoms with van der Waals surface area (Å²) in [5, 5.41) is 8.89. The summed E-state index contributed by atoms with van der Waals surface area (Å²) in [5.41, 5.74) is 0.907. The van der Waals surface area contributed by atoms with Crippen LogP contribution in [0.1, 0.15) is 31.4 Å². The van der Waals surface area contributed by atoms with Gasteiger partial charge in [-0.25, -0.2) is 4.98 Å². The first-order chi connectivity index (χ1) is 10.5. The van der Waals surface area contributed by atoms with E-state index in [9.17, 15) is 9.59 Å². The Kier molecular flexibility index (Phi) is 3.96. The Morgan fingerprint density at radius 3 is 2.59 bits per heavy atom. The van der Waals surface area contributed by atoms with Crippen molar-refractivity contribution in [2.45, 2.75) is 25.7 Å². The van der Waals surface area contributed by atoms with Crippen LogP contribution < -0.4 is 4.90 Å². The molecule has 0 bridgehead atoms. The van der Waals surface area contributed by atoms with E-state index in [0.717, 1.165) is 30.9 Å². The molecular weight excluding hydrogens is 284 g/mol. The van der Waals surface area contributed by atoms with Crippen molar-refractivity contribution in [2.24, 2.45) is 5.92 Å². The van der Waals surface area contributed by atoms with Gasteiger partial charge in [-0.1, -0.05) is 0 Å². The van der Waals surface area contributed by atoms with Gasteiger partial charge in [0.2, 0.25) is 5.91 Å². The molecule has 0 radical (unpaired) electrons. The number of aromatic nitrogens is 2. The summed E-state index contributed by atoms with van der Waals surface area (Å²) in [7, 11) is 0. The van der Waals surface area contributed by atoms with Crippen molar-refractivity contribution in [3.05, 3.63) is 18.1 Å². The van der Waals surface area contributed by atoms with Crippen LogP contribution in [0.3, 0.4) is 0 Å². The maximum absolute atomic E-state index is 11.5. The van der Waals surface area contributed by atoms with Gasteiger partial charge in [0.25, 0.3) is 0 Å². The molecule has 7 heteroatoms. The minimum Gasteiger partial charge on any atom is -0.481 e. The standard InChI is InChI=1S/C15H20N4O3/c1-10(20)18-4-2-3-11(7-18)13-5-17-14(6-16-13)19-8-12(9-19)15(21)22/h5-6,11-12H,2-4,7-9H2,1H3,(H,21,22)/t11-/m1/s1. The Bertz CT molecular complexity index is 569. The third-order valence-electron chi connectivity index (χ3n) is 4.50. The Labute approximate surface area is 129 Å². The number of piperidine rings is 1. The van der Waals surface area contributed by atoms with Crippen LogP contribution in [0.25, 0.3) is 0 Å². The van der Waals surface area contributed by atoms with E-state index >= 15 is 0 Å². The van der Waals surface area contributed by atoms with E-state index in [-0.39, 0.29) is 17.7 Å². The van der Waals surface area contributed by atoms with Crippen molar-refractivity contribution in [1.29, 1.82) is 0 Å². The van der Waals surface area contributed by atoms with Crippen LogP contribution >= 0.6 is 0 Å². The smallest absolute Gasteiger partial charge is 0.310 e. The van der Waals surface area contributed by atoms with Gasteiger partial charge in [-0.2, -0.15) is 0 Å². The average Bonchev–Trinajstić information content (AvgIpc) is 2.46. The second-order valence-electron chi connectivity index (χ2n) is 6.04. The lowest BCUT2D eigenvalue weighted by molar-refractivity contribution is -0.142. The predicted molar refractivity (Wildman–Crippen MR) is 79.6 cm³/mol. The molecular formula is C15H20N4O3. The van der Waals surface area contributed by atoms with Crippen LogP contribution in [0.4, 0.5) is 5.82 Å². The van der Waals surface area contributed by atoms with Crippen LogP contribution in [0.2, 0.25) is 0 Å². The number of anilines is 1. The minimum atomic E-state index is -0.757. The average molecular weight is 304 g/mol. The summed E-state index contributed by atoms with van der Waals surface area (Å²) < 4.78 is 0. The molecule has 2 fully saturated rings.